The third kappa shape index (κ3) is 3.97. The van der Waals surface area contributed by atoms with Gasteiger partial charge in [0.1, 0.15) is 11.5 Å². The number of ether oxygens (including phenoxy) is 1. The van der Waals surface area contributed by atoms with Gasteiger partial charge < -0.3 is 4.74 Å². The van der Waals surface area contributed by atoms with Crippen molar-refractivity contribution in [2.75, 3.05) is 0 Å². The summed E-state index contributed by atoms with van der Waals surface area (Å²) in [7, 11) is 0. The van der Waals surface area contributed by atoms with Gasteiger partial charge in [0.2, 0.25) is 0 Å². The van der Waals surface area contributed by atoms with Crippen molar-refractivity contribution in [2.24, 2.45) is 0 Å². The van der Waals surface area contributed by atoms with Crippen LogP contribution in [0.15, 0.2) is 182 Å². The smallest absolute Gasteiger partial charge is 0.143 e. The van der Waals surface area contributed by atoms with Crippen LogP contribution in [-0.2, 0) is 0 Å². The molecule has 0 saturated heterocycles. The van der Waals surface area contributed by atoms with E-state index in [2.05, 4.69) is 103 Å². The van der Waals surface area contributed by atoms with E-state index < -0.39 is 0 Å². The quantitative estimate of drug-likeness (QED) is 0.181. The fraction of sp³-hybridized carbons (Fsp3) is 0. The maximum atomic E-state index is 10.2. The van der Waals surface area contributed by atoms with Gasteiger partial charge in [0, 0.05) is 16.3 Å². The zero-order chi connectivity index (χ0) is 38.1. The van der Waals surface area contributed by atoms with Crippen LogP contribution in [0.3, 0.4) is 0 Å². The third-order valence-corrected chi connectivity index (χ3v) is 11.3. The van der Waals surface area contributed by atoms with Crippen LogP contribution in [0.2, 0.25) is 0 Å². The Morgan fingerprint density at radius 1 is 0.358 bits per heavy atom. The summed E-state index contributed by atoms with van der Waals surface area (Å²) in [5, 5.41) is 8.04. The van der Waals surface area contributed by atoms with Gasteiger partial charge in [-0.05, 0) is 112 Å². The largest absolute Gasteiger partial charge is 0.455 e. The Morgan fingerprint density at radius 3 is 1.75 bits per heavy atom. The van der Waals surface area contributed by atoms with Crippen molar-refractivity contribution < 1.29 is 10.2 Å². The van der Waals surface area contributed by atoms with Crippen LogP contribution in [0.25, 0.3) is 110 Å². The zero-order valence-corrected chi connectivity index (χ0v) is 28.4. The molecule has 244 valence electrons. The van der Waals surface area contributed by atoms with Gasteiger partial charge in [-0.15, -0.1) is 0 Å². The average molecular weight is 675 g/mol. The Labute approximate surface area is 312 Å². The van der Waals surface area contributed by atoms with Gasteiger partial charge in [-0.1, -0.05) is 164 Å². The number of hydrogen-bond donors (Lipinski definition) is 0. The van der Waals surface area contributed by atoms with Crippen LogP contribution < -0.4 is 4.74 Å². The molecular formula is C52H30O. The van der Waals surface area contributed by atoms with Crippen LogP contribution >= 0.6 is 0 Å². The van der Waals surface area contributed by atoms with Gasteiger partial charge in [-0.2, -0.15) is 0 Å². The van der Waals surface area contributed by atoms with Crippen molar-refractivity contribution in [3.63, 3.8) is 0 Å². The maximum Gasteiger partial charge on any atom is 0.143 e. The van der Waals surface area contributed by atoms with E-state index in [1.165, 1.54) is 0 Å². The minimum absolute atomic E-state index is 0.0628. The van der Waals surface area contributed by atoms with Crippen molar-refractivity contribution >= 4 is 43.1 Å². The summed E-state index contributed by atoms with van der Waals surface area (Å²) in [6, 6.07) is 53.5. The topological polar surface area (TPSA) is 9.23 Å². The molecule has 1 heteroatoms. The molecule has 53 heavy (non-hydrogen) atoms. The molecule has 0 N–H and O–H groups in total. The van der Waals surface area contributed by atoms with Crippen LogP contribution in [0.4, 0.5) is 0 Å². The molecule has 0 bridgehead atoms. The Morgan fingerprint density at radius 2 is 0.962 bits per heavy atom. The van der Waals surface area contributed by atoms with Gasteiger partial charge in [-0.25, -0.2) is 0 Å². The summed E-state index contributed by atoms with van der Waals surface area (Å²) >= 11 is 0. The summed E-state index contributed by atoms with van der Waals surface area (Å²) in [6.45, 7) is 0. The molecule has 0 aromatic heterocycles. The lowest BCUT2D eigenvalue weighted by Gasteiger charge is -2.24. The molecule has 0 atom stereocenters. The SMILES string of the molecule is [2H]c1c([2H])c(-c2c3c(c(-c4ccccc4)c4ccccc24)-c2cccc4cccc-3c24)c([2H])c(-c2ccc3c4c(cccc24)-c2ccc4ccccc4c2O3)c1[2H]. The highest BCUT2D eigenvalue weighted by molar-refractivity contribution is 6.27. The van der Waals surface area contributed by atoms with Crippen LogP contribution in [0.5, 0.6) is 11.5 Å². The third-order valence-electron chi connectivity index (χ3n) is 11.3. The fourth-order valence-corrected chi connectivity index (χ4v) is 9.08. The summed E-state index contributed by atoms with van der Waals surface area (Å²) in [5.41, 5.74) is 10.5. The Hall–Kier alpha value is -6.96. The van der Waals surface area contributed by atoms with E-state index in [1.54, 1.807) is 0 Å². The molecule has 1 aliphatic heterocycles. The molecule has 12 rings (SSSR count). The van der Waals surface area contributed by atoms with Crippen molar-refractivity contribution in [3.05, 3.63) is 182 Å². The molecule has 1 nitrogen and oxygen atoms in total. The van der Waals surface area contributed by atoms with Crippen LogP contribution in [0.1, 0.15) is 5.48 Å². The van der Waals surface area contributed by atoms with E-state index in [0.717, 1.165) is 98.9 Å². The van der Waals surface area contributed by atoms with Crippen molar-refractivity contribution in [1.82, 2.24) is 0 Å². The predicted molar refractivity (Wildman–Crippen MR) is 223 cm³/mol. The lowest BCUT2D eigenvalue weighted by Crippen LogP contribution is -1.99. The number of benzene rings is 10. The summed E-state index contributed by atoms with van der Waals surface area (Å²) < 4.78 is 45.3. The minimum Gasteiger partial charge on any atom is -0.455 e. The van der Waals surface area contributed by atoms with Gasteiger partial charge in [0.15, 0.2) is 0 Å². The predicted octanol–water partition coefficient (Wildman–Crippen LogP) is 14.7. The summed E-state index contributed by atoms with van der Waals surface area (Å²) in [6.07, 6.45) is 0. The molecule has 2 aliphatic rings. The Balaban J connectivity index is 1.19. The second-order valence-corrected chi connectivity index (χ2v) is 14.0. The van der Waals surface area contributed by atoms with E-state index in [0.29, 0.717) is 22.4 Å². The lowest BCUT2D eigenvalue weighted by molar-refractivity contribution is 0.493. The highest BCUT2D eigenvalue weighted by Gasteiger charge is 2.30. The molecule has 0 fully saturated rings. The van der Waals surface area contributed by atoms with Crippen molar-refractivity contribution in [1.29, 1.82) is 0 Å². The van der Waals surface area contributed by atoms with E-state index in [1.807, 2.05) is 54.6 Å². The molecule has 10 aromatic carbocycles. The first kappa shape index (κ1) is 25.1. The van der Waals surface area contributed by atoms with E-state index in [-0.39, 0.29) is 24.2 Å². The van der Waals surface area contributed by atoms with E-state index in [4.69, 9.17) is 4.74 Å². The number of hydrogen-bond acceptors (Lipinski definition) is 1. The monoisotopic (exact) mass is 674 g/mol. The van der Waals surface area contributed by atoms with Crippen LogP contribution in [-0.4, -0.2) is 0 Å². The standard InChI is InChI=1S/C52H30O/c1-2-13-33(14-3-1)47-39-20-6-7-21-40(39)48(51-44-25-10-16-32-15-9-24-43(46(32)44)50(47)51)35-18-8-17-34(30-35)36-28-29-45-49-38(36)22-11-23-41(49)42-27-26-31-12-4-5-19-37(31)52(42)53-45/h1-30H/i8D,17D,18D,30D. The van der Waals surface area contributed by atoms with Crippen molar-refractivity contribution in [2.45, 2.75) is 0 Å². The molecule has 1 aliphatic carbocycles. The normalized spacial score (nSPS) is 13.4. The van der Waals surface area contributed by atoms with Gasteiger partial charge in [0.05, 0.1) is 5.48 Å². The molecule has 0 saturated carbocycles. The second-order valence-electron chi connectivity index (χ2n) is 14.0. The number of fused-ring (bicyclic) bond motifs is 8. The van der Waals surface area contributed by atoms with E-state index >= 15 is 0 Å². The Bertz CT molecular complexity index is 3420. The molecule has 0 radical (unpaired) electrons. The first-order valence-corrected chi connectivity index (χ1v) is 18.0. The second kappa shape index (κ2) is 10.8. The molecular weight excluding hydrogens is 641 g/mol. The molecule has 1 heterocycles. The average Bonchev–Trinajstić information content (AvgIpc) is 3.58. The van der Waals surface area contributed by atoms with Gasteiger partial charge >= 0.3 is 0 Å². The van der Waals surface area contributed by atoms with Crippen molar-refractivity contribution in [3.8, 4) is 78.3 Å². The Kier molecular flexibility index (Phi) is 5.10. The lowest BCUT2D eigenvalue weighted by atomic mass is 9.82. The molecule has 0 amide bonds. The van der Waals surface area contributed by atoms with E-state index in [9.17, 15) is 5.48 Å². The maximum absolute atomic E-state index is 10.2. The van der Waals surface area contributed by atoms with Gasteiger partial charge in [-0.3, -0.25) is 0 Å². The first-order chi connectivity index (χ1) is 28.0. The highest BCUT2D eigenvalue weighted by atomic mass is 16.5. The van der Waals surface area contributed by atoms with Gasteiger partial charge in [0.25, 0.3) is 0 Å². The highest BCUT2D eigenvalue weighted by Crippen LogP contribution is 2.58. The number of rotatable bonds is 3. The first-order valence-electron chi connectivity index (χ1n) is 20.0. The summed E-state index contributed by atoms with van der Waals surface area (Å²) in [5.74, 6) is 1.52. The minimum atomic E-state index is -0.205. The molecule has 0 spiro atoms. The zero-order valence-electron chi connectivity index (χ0n) is 32.4. The molecule has 10 aromatic rings. The summed E-state index contributed by atoms with van der Waals surface area (Å²) in [4.78, 5) is 0. The van der Waals surface area contributed by atoms with Crippen LogP contribution in [0, 0.1) is 0 Å². The molecule has 0 unspecified atom stereocenters. The fourth-order valence-electron chi connectivity index (χ4n) is 9.08.